The largest absolute Gasteiger partial charge is 0.494 e. The van der Waals surface area contributed by atoms with Crippen LogP contribution in [0.5, 0.6) is 5.75 Å². The Labute approximate surface area is 143 Å². The van der Waals surface area contributed by atoms with E-state index in [2.05, 4.69) is 15.6 Å². The molecule has 1 aromatic heterocycles. The molecule has 0 saturated heterocycles. The highest BCUT2D eigenvalue weighted by Crippen LogP contribution is 2.26. The molecule has 128 valence electrons. The number of nitrogens with zero attached hydrogens (tertiary/aromatic N) is 2. The van der Waals surface area contributed by atoms with Crippen molar-refractivity contribution in [2.45, 2.75) is 13.3 Å². The maximum atomic E-state index is 12.9. The highest BCUT2D eigenvalue weighted by molar-refractivity contribution is 6.05. The number of nitrogens with one attached hydrogen (secondary N) is 1. The van der Waals surface area contributed by atoms with Crippen LogP contribution in [0.15, 0.2) is 53.2 Å². The quantitative estimate of drug-likeness (QED) is 0.735. The molecule has 0 aliphatic rings. The van der Waals surface area contributed by atoms with Crippen molar-refractivity contribution >= 4 is 11.7 Å². The number of carbonyl (C=O) groups excluding carboxylic acids is 1. The summed E-state index contributed by atoms with van der Waals surface area (Å²) < 4.78 is 23.2. The molecule has 0 unspecified atom stereocenters. The Hall–Kier alpha value is -3.22. The minimum Gasteiger partial charge on any atom is -0.494 e. The number of amides is 1. The average molecular weight is 341 g/mol. The first-order valence-electron chi connectivity index (χ1n) is 7.80. The van der Waals surface area contributed by atoms with Crippen molar-refractivity contribution in [1.29, 1.82) is 0 Å². The number of hydrogen-bond donors (Lipinski definition) is 1. The highest BCUT2D eigenvalue weighted by atomic mass is 19.1. The van der Waals surface area contributed by atoms with Gasteiger partial charge in [0, 0.05) is 11.1 Å². The molecule has 0 radical (unpaired) electrons. The van der Waals surface area contributed by atoms with Crippen molar-refractivity contribution in [3.05, 3.63) is 59.9 Å². The monoisotopic (exact) mass is 341 g/mol. The zero-order valence-electron chi connectivity index (χ0n) is 13.5. The Bertz CT molecular complexity index is 845. The molecule has 1 heterocycles. The van der Waals surface area contributed by atoms with Gasteiger partial charge in [-0.05, 0) is 65.3 Å². The number of halogens is 1. The number of carbonyl (C=O) groups is 1. The molecule has 0 bridgehead atoms. The second kappa shape index (κ2) is 7.57. The third-order valence-electron chi connectivity index (χ3n) is 3.43. The van der Waals surface area contributed by atoms with Gasteiger partial charge < -0.3 is 10.1 Å². The molecule has 0 saturated carbocycles. The lowest BCUT2D eigenvalue weighted by molar-refractivity contribution is 0.102. The van der Waals surface area contributed by atoms with E-state index in [1.165, 1.54) is 24.3 Å². The third kappa shape index (κ3) is 4.00. The molecule has 0 spiro atoms. The van der Waals surface area contributed by atoms with Crippen LogP contribution in [0.1, 0.15) is 23.7 Å². The fourth-order valence-corrected chi connectivity index (χ4v) is 2.17. The van der Waals surface area contributed by atoms with E-state index >= 15 is 0 Å². The Morgan fingerprint density at radius 3 is 2.52 bits per heavy atom. The van der Waals surface area contributed by atoms with E-state index in [1.807, 2.05) is 19.1 Å². The van der Waals surface area contributed by atoms with Gasteiger partial charge in [0.1, 0.15) is 11.6 Å². The summed E-state index contributed by atoms with van der Waals surface area (Å²) in [5, 5.41) is 10.2. The lowest BCUT2D eigenvalue weighted by Crippen LogP contribution is -2.12. The van der Waals surface area contributed by atoms with Crippen molar-refractivity contribution in [2.75, 3.05) is 11.9 Å². The van der Waals surface area contributed by atoms with Gasteiger partial charge in [0.15, 0.2) is 5.69 Å². The van der Waals surface area contributed by atoms with Crippen LogP contribution in [0.3, 0.4) is 0 Å². The minimum atomic E-state index is -0.431. The maximum Gasteiger partial charge on any atom is 0.256 e. The minimum absolute atomic E-state index is 0.191. The maximum absolute atomic E-state index is 12.9. The SMILES string of the molecule is CCCOc1ccc(-c2nonc2NC(=O)c2ccc(F)cc2)cc1. The second-order valence-electron chi connectivity index (χ2n) is 5.30. The van der Waals surface area contributed by atoms with E-state index in [0.29, 0.717) is 17.9 Å². The van der Waals surface area contributed by atoms with Crippen molar-refractivity contribution in [2.24, 2.45) is 0 Å². The topological polar surface area (TPSA) is 77.2 Å². The van der Waals surface area contributed by atoms with Crippen molar-refractivity contribution in [3.8, 4) is 17.0 Å². The van der Waals surface area contributed by atoms with Crippen LogP contribution >= 0.6 is 0 Å². The molecule has 3 aromatic rings. The Balaban J connectivity index is 1.76. The van der Waals surface area contributed by atoms with Crippen LogP contribution in [-0.4, -0.2) is 22.8 Å². The molecular weight excluding hydrogens is 325 g/mol. The molecule has 3 rings (SSSR count). The fraction of sp³-hybridized carbons (Fsp3) is 0.167. The number of ether oxygens (including phenoxy) is 1. The predicted molar refractivity (Wildman–Crippen MR) is 89.9 cm³/mol. The summed E-state index contributed by atoms with van der Waals surface area (Å²) in [6.07, 6.45) is 0.925. The Kier molecular flexibility index (Phi) is 5.03. The summed E-state index contributed by atoms with van der Waals surface area (Å²) in [7, 11) is 0. The normalized spacial score (nSPS) is 10.5. The lowest BCUT2D eigenvalue weighted by atomic mass is 10.1. The summed E-state index contributed by atoms with van der Waals surface area (Å²) in [6.45, 7) is 2.68. The van der Waals surface area contributed by atoms with Gasteiger partial charge in [-0.25, -0.2) is 9.02 Å². The van der Waals surface area contributed by atoms with Gasteiger partial charge in [-0.1, -0.05) is 6.92 Å². The zero-order valence-corrected chi connectivity index (χ0v) is 13.5. The van der Waals surface area contributed by atoms with E-state index in [9.17, 15) is 9.18 Å². The smallest absolute Gasteiger partial charge is 0.256 e. The van der Waals surface area contributed by atoms with E-state index in [1.54, 1.807) is 12.1 Å². The number of rotatable bonds is 6. The van der Waals surface area contributed by atoms with Gasteiger partial charge in [-0.2, -0.15) is 0 Å². The third-order valence-corrected chi connectivity index (χ3v) is 3.43. The van der Waals surface area contributed by atoms with Crippen LogP contribution in [-0.2, 0) is 0 Å². The number of anilines is 1. The first-order chi connectivity index (χ1) is 12.2. The molecule has 1 amide bonds. The first-order valence-corrected chi connectivity index (χ1v) is 7.80. The summed E-state index contributed by atoms with van der Waals surface area (Å²) in [6, 6.07) is 12.4. The van der Waals surface area contributed by atoms with Crippen LogP contribution in [0.25, 0.3) is 11.3 Å². The van der Waals surface area contributed by atoms with E-state index in [0.717, 1.165) is 17.7 Å². The molecule has 7 heteroatoms. The van der Waals surface area contributed by atoms with Crippen molar-refractivity contribution in [1.82, 2.24) is 10.3 Å². The van der Waals surface area contributed by atoms with Crippen molar-refractivity contribution < 1.29 is 18.6 Å². The van der Waals surface area contributed by atoms with Crippen LogP contribution in [0.4, 0.5) is 10.2 Å². The van der Waals surface area contributed by atoms with Crippen LogP contribution in [0.2, 0.25) is 0 Å². The summed E-state index contributed by atoms with van der Waals surface area (Å²) in [5.41, 5.74) is 1.43. The van der Waals surface area contributed by atoms with Gasteiger partial charge in [0.2, 0.25) is 5.82 Å². The highest BCUT2D eigenvalue weighted by Gasteiger charge is 2.16. The molecular formula is C18H16FN3O3. The molecule has 0 atom stereocenters. The molecule has 25 heavy (non-hydrogen) atoms. The van der Waals surface area contributed by atoms with Gasteiger partial charge in [0.05, 0.1) is 6.61 Å². The Morgan fingerprint density at radius 2 is 1.84 bits per heavy atom. The molecule has 0 fully saturated rings. The fourth-order valence-electron chi connectivity index (χ4n) is 2.17. The zero-order chi connectivity index (χ0) is 17.6. The van der Waals surface area contributed by atoms with Crippen LogP contribution in [0, 0.1) is 5.82 Å². The number of hydrogen-bond acceptors (Lipinski definition) is 5. The molecule has 6 nitrogen and oxygen atoms in total. The van der Waals surface area contributed by atoms with Gasteiger partial charge >= 0.3 is 0 Å². The molecule has 0 aliphatic carbocycles. The van der Waals surface area contributed by atoms with Gasteiger partial charge in [-0.15, -0.1) is 0 Å². The first kappa shape index (κ1) is 16.6. The number of benzene rings is 2. The van der Waals surface area contributed by atoms with Crippen LogP contribution < -0.4 is 10.1 Å². The summed E-state index contributed by atoms with van der Waals surface area (Å²) >= 11 is 0. The molecule has 1 N–H and O–H groups in total. The summed E-state index contributed by atoms with van der Waals surface area (Å²) in [4.78, 5) is 12.2. The van der Waals surface area contributed by atoms with Crippen molar-refractivity contribution in [3.63, 3.8) is 0 Å². The standard InChI is InChI=1S/C18H16FN3O3/c1-2-11-24-15-9-5-12(6-10-15)16-17(22-25-21-16)20-18(23)13-3-7-14(19)8-4-13/h3-10H,2,11H2,1H3,(H,20,22,23). The van der Waals surface area contributed by atoms with E-state index < -0.39 is 11.7 Å². The van der Waals surface area contributed by atoms with Gasteiger partial charge in [-0.3, -0.25) is 4.79 Å². The summed E-state index contributed by atoms with van der Waals surface area (Å²) in [5.74, 6) is 0.0982. The van der Waals surface area contributed by atoms with Gasteiger partial charge in [0.25, 0.3) is 5.91 Å². The van der Waals surface area contributed by atoms with E-state index in [4.69, 9.17) is 9.37 Å². The molecule has 0 aliphatic heterocycles. The average Bonchev–Trinajstić information content (AvgIpc) is 3.09. The predicted octanol–water partition coefficient (Wildman–Crippen LogP) is 3.92. The van der Waals surface area contributed by atoms with E-state index in [-0.39, 0.29) is 5.82 Å². The Morgan fingerprint density at radius 1 is 1.12 bits per heavy atom. The molecule has 2 aromatic carbocycles. The second-order valence-corrected chi connectivity index (χ2v) is 5.30. The lowest BCUT2D eigenvalue weighted by Gasteiger charge is -2.06. The number of aromatic nitrogens is 2.